The number of nitrogens with one attached hydrogen (secondary N) is 1. The maximum Gasteiger partial charge on any atom is 0.264 e. The lowest BCUT2D eigenvalue weighted by atomic mass is 10.2. The van der Waals surface area contributed by atoms with Crippen LogP contribution in [0.25, 0.3) is 0 Å². The van der Waals surface area contributed by atoms with Crippen LogP contribution in [-0.2, 0) is 10.0 Å². The van der Waals surface area contributed by atoms with E-state index in [0.717, 1.165) is 16.4 Å². The average molecular weight is 311 g/mol. The molecule has 0 bridgehead atoms. The van der Waals surface area contributed by atoms with Crippen LogP contribution >= 0.6 is 0 Å². The van der Waals surface area contributed by atoms with E-state index in [9.17, 15) is 23.2 Å². The third-order valence-electron chi connectivity index (χ3n) is 2.94. The highest BCUT2D eigenvalue weighted by atomic mass is 32.2. The van der Waals surface area contributed by atoms with E-state index in [-0.39, 0.29) is 10.6 Å². The van der Waals surface area contributed by atoms with Crippen molar-refractivity contribution in [3.05, 3.63) is 64.8 Å². The van der Waals surface area contributed by atoms with Gasteiger partial charge in [-0.15, -0.1) is 0 Å². The van der Waals surface area contributed by atoms with Crippen LogP contribution in [0.4, 0.5) is 15.8 Å². The van der Waals surface area contributed by atoms with E-state index in [1.165, 1.54) is 25.2 Å². The van der Waals surface area contributed by atoms with E-state index < -0.39 is 26.8 Å². The van der Waals surface area contributed by atoms with Gasteiger partial charge in [-0.3, -0.25) is 4.31 Å². The molecule has 6 nitrogen and oxygen atoms in total. The van der Waals surface area contributed by atoms with Crippen LogP contribution in [0, 0.1) is 16.2 Å². The number of halogens is 1. The van der Waals surface area contributed by atoms with Crippen molar-refractivity contribution in [1.29, 1.82) is 0 Å². The van der Waals surface area contributed by atoms with Gasteiger partial charge in [0, 0.05) is 13.1 Å². The first-order valence-electron chi connectivity index (χ1n) is 5.89. The standard InChI is InChI=1S/C13H12FN2O4S/c1-15(21(19,20)11-5-3-2-4-6-11)10-7-8-12(14)13(9-10)16(17)18/h2-9,16H,1H3/q-1. The molecule has 2 aromatic rings. The van der Waals surface area contributed by atoms with Crippen molar-refractivity contribution < 1.29 is 18.0 Å². The summed E-state index contributed by atoms with van der Waals surface area (Å²) in [5, 5.41) is 19.9. The molecular formula is C13H12FN2O4S-. The molecule has 2 rings (SSSR count). The normalized spacial score (nSPS) is 11.7. The molecule has 0 unspecified atom stereocenters. The molecule has 0 saturated heterocycles. The fourth-order valence-corrected chi connectivity index (χ4v) is 2.96. The lowest BCUT2D eigenvalue weighted by Gasteiger charge is -2.27. The van der Waals surface area contributed by atoms with Crippen LogP contribution in [-0.4, -0.2) is 15.5 Å². The first-order valence-corrected chi connectivity index (χ1v) is 7.33. The quantitative estimate of drug-likeness (QED) is 0.858. The molecule has 0 aliphatic rings. The predicted octanol–water partition coefficient (Wildman–Crippen LogP) is 1.16. The molecule has 0 heterocycles. The number of quaternary nitrogens is 1. The van der Waals surface area contributed by atoms with Crippen molar-refractivity contribution >= 4 is 21.4 Å². The van der Waals surface area contributed by atoms with E-state index in [4.69, 9.17) is 0 Å². The highest BCUT2D eigenvalue weighted by Crippen LogP contribution is 2.24. The zero-order valence-electron chi connectivity index (χ0n) is 11.0. The molecular weight excluding hydrogens is 299 g/mol. The average Bonchev–Trinajstić information content (AvgIpc) is 2.47. The van der Waals surface area contributed by atoms with Gasteiger partial charge in [0.1, 0.15) is 0 Å². The predicted molar refractivity (Wildman–Crippen MR) is 75.8 cm³/mol. The second kappa shape index (κ2) is 5.78. The summed E-state index contributed by atoms with van der Waals surface area (Å²) in [5.41, 5.74) is -0.665. The third-order valence-corrected chi connectivity index (χ3v) is 4.73. The van der Waals surface area contributed by atoms with Crippen molar-refractivity contribution in [1.82, 2.24) is 0 Å². The highest BCUT2D eigenvalue weighted by Gasteiger charge is 2.22. The minimum Gasteiger partial charge on any atom is -0.628 e. The van der Waals surface area contributed by atoms with Crippen molar-refractivity contribution in [3.8, 4) is 0 Å². The summed E-state index contributed by atoms with van der Waals surface area (Å²) in [6, 6.07) is 10.6. The molecule has 0 spiro atoms. The van der Waals surface area contributed by atoms with Gasteiger partial charge in [0.15, 0.2) is 11.5 Å². The summed E-state index contributed by atoms with van der Waals surface area (Å²) in [6.07, 6.45) is 0. The Morgan fingerprint density at radius 1 is 1.10 bits per heavy atom. The molecule has 21 heavy (non-hydrogen) atoms. The molecule has 0 saturated carbocycles. The number of nitrogens with zero attached hydrogens (tertiary/aromatic N) is 1. The zero-order valence-corrected chi connectivity index (χ0v) is 11.8. The topological polar surface area (TPSA) is 87.9 Å². The number of hydrogen-bond donors (Lipinski definition) is 1. The SMILES string of the molecule is CN(c1ccc(F)c([NH+]([O-])[O-])c1)S(=O)(=O)c1ccccc1. The third kappa shape index (κ3) is 3.03. The van der Waals surface area contributed by atoms with Gasteiger partial charge < -0.3 is 15.6 Å². The number of sulfonamides is 1. The Hall–Kier alpha value is -2.00. The molecule has 0 fully saturated rings. The van der Waals surface area contributed by atoms with Crippen molar-refractivity contribution in [2.24, 2.45) is 0 Å². The fourth-order valence-electron chi connectivity index (χ4n) is 1.75. The van der Waals surface area contributed by atoms with Crippen LogP contribution in [0.3, 0.4) is 0 Å². The second-order valence-electron chi connectivity index (χ2n) is 4.24. The van der Waals surface area contributed by atoms with E-state index in [1.807, 2.05) is 0 Å². The molecule has 0 aromatic heterocycles. The minimum absolute atomic E-state index is 0.0273. The minimum atomic E-state index is -3.85. The van der Waals surface area contributed by atoms with Crippen LogP contribution in [0.1, 0.15) is 0 Å². The molecule has 0 aliphatic carbocycles. The number of benzene rings is 2. The number of anilines is 1. The molecule has 112 valence electrons. The van der Waals surface area contributed by atoms with Gasteiger partial charge in [0.2, 0.25) is 0 Å². The van der Waals surface area contributed by atoms with Gasteiger partial charge in [-0.2, -0.15) is 0 Å². The van der Waals surface area contributed by atoms with Gasteiger partial charge >= 0.3 is 0 Å². The maximum absolute atomic E-state index is 13.3. The van der Waals surface area contributed by atoms with Gasteiger partial charge in [0.25, 0.3) is 10.0 Å². The monoisotopic (exact) mass is 311 g/mol. The Labute approximate surface area is 121 Å². The first kappa shape index (κ1) is 15.4. The Bertz CT molecular complexity index is 735. The van der Waals surface area contributed by atoms with Crippen LogP contribution in [0.15, 0.2) is 53.4 Å². The van der Waals surface area contributed by atoms with Crippen molar-refractivity contribution in [2.45, 2.75) is 4.90 Å². The molecule has 0 atom stereocenters. The maximum atomic E-state index is 13.3. The molecule has 0 aliphatic heterocycles. The largest absolute Gasteiger partial charge is 0.628 e. The summed E-state index contributed by atoms with van der Waals surface area (Å²) in [4.78, 5) is 0.0480. The zero-order chi connectivity index (χ0) is 15.6. The van der Waals surface area contributed by atoms with Gasteiger partial charge in [-0.1, -0.05) is 18.2 Å². The Kier molecular flexibility index (Phi) is 4.24. The van der Waals surface area contributed by atoms with E-state index >= 15 is 0 Å². The summed E-state index contributed by atoms with van der Waals surface area (Å²) in [7, 11) is -2.59. The number of rotatable bonds is 4. The highest BCUT2D eigenvalue weighted by molar-refractivity contribution is 7.92. The molecule has 8 heteroatoms. The first-order chi connectivity index (χ1) is 9.84. The van der Waals surface area contributed by atoms with Crippen LogP contribution in [0.5, 0.6) is 0 Å². The van der Waals surface area contributed by atoms with Crippen molar-refractivity contribution in [2.75, 3.05) is 11.4 Å². The van der Waals surface area contributed by atoms with Crippen LogP contribution < -0.4 is 9.53 Å². The van der Waals surface area contributed by atoms with Gasteiger partial charge in [0.05, 0.1) is 10.6 Å². The fraction of sp³-hybridized carbons (Fsp3) is 0.0769. The summed E-state index contributed by atoms with van der Waals surface area (Å²) < 4.78 is 38.9. The lowest BCUT2D eigenvalue weighted by molar-refractivity contribution is -0.716. The second-order valence-corrected chi connectivity index (χ2v) is 6.21. The molecule has 0 amide bonds. The number of hydrogen-bond acceptors (Lipinski definition) is 4. The Morgan fingerprint density at radius 3 is 2.29 bits per heavy atom. The smallest absolute Gasteiger partial charge is 0.264 e. The van der Waals surface area contributed by atoms with Gasteiger partial charge in [-0.25, -0.2) is 12.8 Å². The summed E-state index contributed by atoms with van der Waals surface area (Å²) >= 11 is 0. The lowest BCUT2D eigenvalue weighted by Crippen LogP contribution is -2.96. The Morgan fingerprint density at radius 2 is 1.71 bits per heavy atom. The summed E-state index contributed by atoms with van der Waals surface area (Å²) in [5.74, 6) is -0.982. The van der Waals surface area contributed by atoms with E-state index in [1.54, 1.807) is 18.2 Å². The molecule has 1 N–H and O–H groups in total. The van der Waals surface area contributed by atoms with Gasteiger partial charge in [-0.05, 0) is 24.3 Å². The van der Waals surface area contributed by atoms with Crippen LogP contribution in [0.2, 0.25) is 0 Å². The van der Waals surface area contributed by atoms with E-state index in [2.05, 4.69) is 0 Å². The van der Waals surface area contributed by atoms with Crippen molar-refractivity contribution in [3.63, 3.8) is 0 Å². The van der Waals surface area contributed by atoms with E-state index in [0.29, 0.717) is 0 Å². The Balaban J connectivity index is 2.45. The molecule has 2 aromatic carbocycles. The molecule has 0 radical (unpaired) electrons. The summed E-state index contributed by atoms with van der Waals surface area (Å²) in [6.45, 7) is 0.